The predicted octanol–water partition coefficient (Wildman–Crippen LogP) is 3.84. The number of halogens is 2. The lowest BCUT2D eigenvalue weighted by Crippen LogP contribution is -2.46. The summed E-state index contributed by atoms with van der Waals surface area (Å²) in [6, 6.07) is 5.73. The predicted molar refractivity (Wildman–Crippen MR) is 79.0 cm³/mol. The average molecular weight is 333 g/mol. The highest BCUT2D eigenvalue weighted by molar-refractivity contribution is 9.10. The molecule has 2 atom stereocenters. The van der Waals surface area contributed by atoms with Gasteiger partial charge in [0.05, 0.1) is 0 Å². The average Bonchev–Trinajstić information content (AvgIpc) is 2.57. The maximum Gasteiger partial charge on any atom is 0.103 e. The zero-order valence-corrected chi connectivity index (χ0v) is 12.9. The van der Waals surface area contributed by atoms with Crippen molar-refractivity contribution < 1.29 is 5.11 Å². The van der Waals surface area contributed by atoms with Crippen molar-refractivity contribution in [2.45, 2.75) is 44.2 Å². The third-order valence-electron chi connectivity index (χ3n) is 3.72. The second kappa shape index (κ2) is 5.91. The molecule has 100 valence electrons. The van der Waals surface area contributed by atoms with E-state index in [1.807, 2.05) is 25.1 Å². The van der Waals surface area contributed by atoms with Crippen molar-refractivity contribution in [3.05, 3.63) is 33.3 Å². The number of hydrogen-bond acceptors (Lipinski definition) is 2. The molecule has 2 rings (SSSR count). The Hall–Kier alpha value is -0.0900. The van der Waals surface area contributed by atoms with Crippen molar-refractivity contribution in [1.82, 2.24) is 5.32 Å². The lowest BCUT2D eigenvalue weighted by molar-refractivity contribution is 0.0137. The highest BCUT2D eigenvalue weighted by Crippen LogP contribution is 2.34. The Morgan fingerprint density at radius 1 is 1.39 bits per heavy atom. The Kier molecular flexibility index (Phi) is 4.70. The second-order valence-electron chi connectivity index (χ2n) is 5.13. The first-order chi connectivity index (χ1) is 8.51. The molecule has 18 heavy (non-hydrogen) atoms. The number of aliphatic hydroxyl groups is 1. The number of rotatable bonds is 2. The molecule has 0 saturated carbocycles. The van der Waals surface area contributed by atoms with Gasteiger partial charge in [0.2, 0.25) is 0 Å². The van der Waals surface area contributed by atoms with Crippen molar-refractivity contribution >= 4 is 27.5 Å². The van der Waals surface area contributed by atoms with E-state index in [-0.39, 0.29) is 6.04 Å². The first-order valence-electron chi connectivity index (χ1n) is 6.43. The molecule has 1 fully saturated rings. The van der Waals surface area contributed by atoms with Gasteiger partial charge in [0.25, 0.3) is 0 Å². The van der Waals surface area contributed by atoms with Gasteiger partial charge in [0, 0.05) is 21.1 Å². The largest absolute Gasteiger partial charge is 0.384 e. The van der Waals surface area contributed by atoms with Crippen molar-refractivity contribution in [3.63, 3.8) is 0 Å². The standard InChI is InChI=1S/C14H19BrClNO/c1-14(18,13-5-3-2-4-8-17-13)11-7-6-10(15)9-12(11)16/h6-7,9,13,17-18H,2-5,8H2,1H3. The monoisotopic (exact) mass is 331 g/mol. The van der Waals surface area contributed by atoms with Gasteiger partial charge in [-0.1, -0.05) is 46.4 Å². The third kappa shape index (κ3) is 3.08. The van der Waals surface area contributed by atoms with Crippen LogP contribution in [0.3, 0.4) is 0 Å². The van der Waals surface area contributed by atoms with Crippen molar-refractivity contribution in [2.75, 3.05) is 6.54 Å². The molecule has 2 N–H and O–H groups in total. The van der Waals surface area contributed by atoms with Gasteiger partial charge in [-0.3, -0.25) is 0 Å². The van der Waals surface area contributed by atoms with Crippen LogP contribution in [0.1, 0.15) is 38.2 Å². The molecule has 0 bridgehead atoms. The molecule has 1 aliphatic heterocycles. The minimum Gasteiger partial charge on any atom is -0.384 e. The van der Waals surface area contributed by atoms with E-state index in [0.717, 1.165) is 29.4 Å². The number of benzene rings is 1. The zero-order chi connectivity index (χ0) is 13.2. The molecule has 1 aromatic rings. The van der Waals surface area contributed by atoms with Gasteiger partial charge >= 0.3 is 0 Å². The fourth-order valence-electron chi connectivity index (χ4n) is 2.60. The van der Waals surface area contributed by atoms with Crippen molar-refractivity contribution in [3.8, 4) is 0 Å². The smallest absolute Gasteiger partial charge is 0.103 e. The summed E-state index contributed by atoms with van der Waals surface area (Å²) in [6.45, 7) is 2.82. The van der Waals surface area contributed by atoms with Gasteiger partial charge in [-0.25, -0.2) is 0 Å². The van der Waals surface area contributed by atoms with Gasteiger partial charge in [-0.15, -0.1) is 0 Å². The fourth-order valence-corrected chi connectivity index (χ4v) is 3.46. The SMILES string of the molecule is CC(O)(c1ccc(Br)cc1Cl)C1CCCCCN1. The third-order valence-corrected chi connectivity index (χ3v) is 4.52. The first-order valence-corrected chi connectivity index (χ1v) is 7.60. The van der Waals surface area contributed by atoms with E-state index in [1.165, 1.54) is 12.8 Å². The first kappa shape index (κ1) is 14.3. The summed E-state index contributed by atoms with van der Waals surface area (Å²) >= 11 is 9.65. The minimum atomic E-state index is -0.928. The van der Waals surface area contributed by atoms with Gasteiger partial charge in [-0.2, -0.15) is 0 Å². The molecule has 4 heteroatoms. The highest BCUT2D eigenvalue weighted by atomic mass is 79.9. The molecule has 0 aromatic heterocycles. The van der Waals surface area contributed by atoms with Crippen molar-refractivity contribution in [1.29, 1.82) is 0 Å². The van der Waals surface area contributed by atoms with Crippen LogP contribution in [0.5, 0.6) is 0 Å². The quantitative estimate of drug-likeness (QED) is 0.862. The molecule has 0 amide bonds. The van der Waals surface area contributed by atoms with E-state index < -0.39 is 5.60 Å². The van der Waals surface area contributed by atoms with E-state index in [9.17, 15) is 5.11 Å². The maximum atomic E-state index is 10.8. The number of nitrogens with one attached hydrogen (secondary N) is 1. The van der Waals surface area contributed by atoms with Crippen LogP contribution < -0.4 is 5.32 Å². The summed E-state index contributed by atoms with van der Waals surface area (Å²) < 4.78 is 0.931. The van der Waals surface area contributed by atoms with Crippen LogP contribution in [0.4, 0.5) is 0 Å². The molecule has 0 spiro atoms. The van der Waals surface area contributed by atoms with E-state index in [4.69, 9.17) is 11.6 Å². The molecule has 1 saturated heterocycles. The normalized spacial score (nSPS) is 24.3. The Morgan fingerprint density at radius 3 is 2.89 bits per heavy atom. The summed E-state index contributed by atoms with van der Waals surface area (Å²) in [7, 11) is 0. The zero-order valence-electron chi connectivity index (χ0n) is 10.5. The topological polar surface area (TPSA) is 32.3 Å². The Morgan fingerprint density at radius 2 is 2.17 bits per heavy atom. The van der Waals surface area contributed by atoms with Gasteiger partial charge in [0.15, 0.2) is 0 Å². The number of hydrogen-bond donors (Lipinski definition) is 2. The fraction of sp³-hybridized carbons (Fsp3) is 0.571. The lowest BCUT2D eigenvalue weighted by Gasteiger charge is -2.34. The highest BCUT2D eigenvalue weighted by Gasteiger charge is 2.35. The Labute approximate surface area is 122 Å². The maximum absolute atomic E-state index is 10.8. The summed E-state index contributed by atoms with van der Waals surface area (Å²) in [5.41, 5.74) is -0.131. The van der Waals surface area contributed by atoms with Crippen LogP contribution in [0.2, 0.25) is 5.02 Å². The van der Waals surface area contributed by atoms with E-state index >= 15 is 0 Å². The van der Waals surface area contributed by atoms with E-state index in [0.29, 0.717) is 5.02 Å². The molecule has 2 unspecified atom stereocenters. The van der Waals surface area contributed by atoms with Gasteiger partial charge in [-0.05, 0) is 38.4 Å². The van der Waals surface area contributed by atoms with Crippen LogP contribution in [0.25, 0.3) is 0 Å². The van der Waals surface area contributed by atoms with Gasteiger partial charge in [0.1, 0.15) is 5.60 Å². The molecule has 2 nitrogen and oxygen atoms in total. The van der Waals surface area contributed by atoms with Crippen LogP contribution in [0, 0.1) is 0 Å². The Balaban J connectivity index is 2.27. The van der Waals surface area contributed by atoms with Crippen LogP contribution in [0.15, 0.2) is 22.7 Å². The van der Waals surface area contributed by atoms with Crippen molar-refractivity contribution in [2.24, 2.45) is 0 Å². The minimum absolute atomic E-state index is 0.0682. The molecule has 1 aliphatic rings. The van der Waals surface area contributed by atoms with Gasteiger partial charge < -0.3 is 10.4 Å². The molecule has 1 heterocycles. The molecular formula is C14H19BrClNO. The second-order valence-corrected chi connectivity index (χ2v) is 6.45. The summed E-state index contributed by atoms with van der Waals surface area (Å²) in [4.78, 5) is 0. The summed E-state index contributed by atoms with van der Waals surface area (Å²) in [5, 5.41) is 14.9. The summed E-state index contributed by atoms with van der Waals surface area (Å²) in [5.74, 6) is 0. The van der Waals surface area contributed by atoms with E-state index in [1.54, 1.807) is 0 Å². The molecule has 0 aliphatic carbocycles. The van der Waals surface area contributed by atoms with Crippen LogP contribution >= 0.6 is 27.5 Å². The molecule has 1 aromatic carbocycles. The molecular weight excluding hydrogens is 314 g/mol. The van der Waals surface area contributed by atoms with E-state index in [2.05, 4.69) is 21.2 Å². The Bertz CT molecular complexity index is 414. The lowest BCUT2D eigenvalue weighted by atomic mass is 9.86. The summed E-state index contributed by atoms with van der Waals surface area (Å²) in [6.07, 6.45) is 4.55. The van der Waals surface area contributed by atoms with Crippen LogP contribution in [-0.2, 0) is 5.60 Å². The van der Waals surface area contributed by atoms with Crippen LogP contribution in [-0.4, -0.2) is 17.7 Å². The molecule has 0 radical (unpaired) electrons.